The maximum atomic E-state index is 10.4. The van der Waals surface area contributed by atoms with Gasteiger partial charge in [0.1, 0.15) is 0 Å². The molecule has 0 rings (SSSR count). The van der Waals surface area contributed by atoms with Crippen molar-refractivity contribution in [2.75, 3.05) is 52.4 Å². The number of quaternary nitrogens is 2. The molecule has 6 heteroatoms. The van der Waals surface area contributed by atoms with Crippen LogP contribution in [0.2, 0.25) is 0 Å². The molecule has 0 unspecified atom stereocenters. The Kier molecular flexibility index (Phi) is 26.1. The van der Waals surface area contributed by atoms with Gasteiger partial charge >= 0.3 is 0 Å². The summed E-state index contributed by atoms with van der Waals surface area (Å²) in [6, 6.07) is 0. The van der Waals surface area contributed by atoms with Crippen LogP contribution in [0, 0.1) is 5.41 Å². The van der Waals surface area contributed by atoms with E-state index in [9.17, 15) is 19.8 Å². The van der Waals surface area contributed by atoms with E-state index in [1.54, 1.807) is 0 Å². The summed E-state index contributed by atoms with van der Waals surface area (Å²) in [6.45, 7) is 32.5. The fraction of sp³-hybridized carbons (Fsp3) is 0.935. The standard InChI is InChI=1S/2C12H28N.C7H12O4/c2*1-5-9-13(10-6-2,11-7-3)12-8-4;1-3-7(4-2,5(8)9)6(10)11/h2*5-12H2,1-4H3;3-4H2,1-2H3,(H,8,9)(H,10,11)/q2*+1;/p-2. The molecule has 6 nitrogen and oxygen atoms in total. The highest BCUT2D eigenvalue weighted by molar-refractivity contribution is 5.95. The molecular formula is C31H66N2O4. The first-order chi connectivity index (χ1) is 17.5. The van der Waals surface area contributed by atoms with Crippen LogP contribution >= 0.6 is 0 Å². The van der Waals surface area contributed by atoms with Crippen LogP contribution in [0.1, 0.15) is 133 Å². The van der Waals surface area contributed by atoms with Gasteiger partial charge in [0.15, 0.2) is 0 Å². The average Bonchev–Trinajstić information content (AvgIpc) is 2.82. The van der Waals surface area contributed by atoms with E-state index in [0.29, 0.717) is 0 Å². The molecule has 0 aliphatic rings. The number of carboxylic acid groups (broad SMARTS) is 2. The Hall–Kier alpha value is -1.14. The van der Waals surface area contributed by atoms with Crippen LogP contribution in [-0.2, 0) is 9.59 Å². The van der Waals surface area contributed by atoms with Crippen molar-refractivity contribution in [2.45, 2.75) is 133 Å². The second kappa shape index (κ2) is 23.9. The normalized spacial score (nSPS) is 11.7. The molecule has 0 N–H and O–H groups in total. The van der Waals surface area contributed by atoms with Crippen LogP contribution in [0.3, 0.4) is 0 Å². The zero-order valence-corrected chi connectivity index (χ0v) is 26.8. The number of rotatable bonds is 20. The predicted molar refractivity (Wildman–Crippen MR) is 155 cm³/mol. The molecule has 0 bridgehead atoms. The topological polar surface area (TPSA) is 80.3 Å². The first-order valence-electron chi connectivity index (χ1n) is 15.6. The summed E-state index contributed by atoms with van der Waals surface area (Å²) in [5.41, 5.74) is -1.81. The van der Waals surface area contributed by atoms with Crippen LogP contribution < -0.4 is 10.2 Å². The molecule has 0 atom stereocenters. The maximum absolute atomic E-state index is 10.4. The Morgan fingerprint density at radius 3 is 0.649 bits per heavy atom. The first-order valence-corrected chi connectivity index (χ1v) is 15.6. The van der Waals surface area contributed by atoms with Gasteiger partial charge in [-0.3, -0.25) is 0 Å². The minimum Gasteiger partial charge on any atom is -0.549 e. The van der Waals surface area contributed by atoms with Crippen molar-refractivity contribution >= 4 is 11.9 Å². The predicted octanol–water partition coefficient (Wildman–Crippen LogP) is 5.18. The third-order valence-corrected chi connectivity index (χ3v) is 7.57. The molecule has 0 aromatic heterocycles. The Bertz CT molecular complexity index is 444. The molecule has 224 valence electrons. The second-order valence-electron chi connectivity index (χ2n) is 10.8. The highest BCUT2D eigenvalue weighted by atomic mass is 16.4. The number of aliphatic carboxylic acids is 2. The van der Waals surface area contributed by atoms with E-state index < -0.39 is 17.4 Å². The monoisotopic (exact) mass is 531 g/mol. The fourth-order valence-corrected chi connectivity index (χ4v) is 6.05. The number of hydrogen-bond donors (Lipinski definition) is 0. The Morgan fingerprint density at radius 2 is 0.595 bits per heavy atom. The van der Waals surface area contributed by atoms with Crippen LogP contribution in [0.25, 0.3) is 0 Å². The van der Waals surface area contributed by atoms with Crippen molar-refractivity contribution in [1.82, 2.24) is 0 Å². The lowest BCUT2D eigenvalue weighted by molar-refractivity contribution is -0.928. The highest BCUT2D eigenvalue weighted by Gasteiger charge is 2.29. The van der Waals surface area contributed by atoms with Gasteiger partial charge in [0.2, 0.25) is 0 Å². The summed E-state index contributed by atoms with van der Waals surface area (Å²) < 4.78 is 2.75. The molecule has 0 amide bonds. The van der Waals surface area contributed by atoms with Crippen molar-refractivity contribution < 1.29 is 28.8 Å². The summed E-state index contributed by atoms with van der Waals surface area (Å²) in [5, 5.41) is 20.8. The van der Waals surface area contributed by atoms with E-state index in [2.05, 4.69) is 55.4 Å². The van der Waals surface area contributed by atoms with Gasteiger partial charge < -0.3 is 28.8 Å². The van der Waals surface area contributed by atoms with Crippen LogP contribution in [0.4, 0.5) is 0 Å². The third-order valence-electron chi connectivity index (χ3n) is 7.57. The molecule has 0 aliphatic carbocycles. The summed E-state index contributed by atoms with van der Waals surface area (Å²) in [7, 11) is 0. The van der Waals surface area contributed by atoms with E-state index in [1.165, 1.54) is 127 Å². The molecule has 0 radical (unpaired) electrons. The maximum Gasteiger partial charge on any atom is 0.0783 e. The third kappa shape index (κ3) is 15.8. The quantitative estimate of drug-likeness (QED) is 0.160. The van der Waals surface area contributed by atoms with Crippen molar-refractivity contribution in [1.29, 1.82) is 0 Å². The van der Waals surface area contributed by atoms with Crippen LogP contribution in [0.15, 0.2) is 0 Å². The van der Waals surface area contributed by atoms with Gasteiger partial charge in [-0.05, 0) is 64.2 Å². The fourth-order valence-electron chi connectivity index (χ4n) is 6.05. The molecule has 0 aromatic rings. The van der Waals surface area contributed by atoms with Crippen LogP contribution in [0.5, 0.6) is 0 Å². The molecule has 0 spiro atoms. The van der Waals surface area contributed by atoms with E-state index in [4.69, 9.17) is 0 Å². The van der Waals surface area contributed by atoms with Gasteiger partial charge in [-0.1, -0.05) is 69.2 Å². The molecule has 0 aliphatic heterocycles. The smallest absolute Gasteiger partial charge is 0.0783 e. The zero-order valence-electron chi connectivity index (χ0n) is 26.8. The molecule has 0 saturated heterocycles. The molecular weight excluding hydrogens is 464 g/mol. The Balaban J connectivity index is -0.000000471. The van der Waals surface area contributed by atoms with Gasteiger partial charge in [-0.25, -0.2) is 0 Å². The van der Waals surface area contributed by atoms with E-state index in [-0.39, 0.29) is 12.8 Å². The van der Waals surface area contributed by atoms with Crippen molar-refractivity contribution in [3.63, 3.8) is 0 Å². The Morgan fingerprint density at radius 1 is 0.432 bits per heavy atom. The summed E-state index contributed by atoms with van der Waals surface area (Å²) in [6.07, 6.45) is 10.7. The Labute approximate surface area is 232 Å². The molecule has 0 heterocycles. The van der Waals surface area contributed by atoms with E-state index >= 15 is 0 Å². The van der Waals surface area contributed by atoms with Crippen molar-refractivity contribution in [2.24, 2.45) is 5.41 Å². The van der Waals surface area contributed by atoms with Crippen molar-refractivity contribution in [3.8, 4) is 0 Å². The molecule has 37 heavy (non-hydrogen) atoms. The molecule has 0 fully saturated rings. The minimum absolute atomic E-state index is 0.00579. The lowest BCUT2D eigenvalue weighted by atomic mass is 9.83. The summed E-state index contributed by atoms with van der Waals surface area (Å²) in [4.78, 5) is 20.8. The number of nitrogens with zero attached hydrogens (tertiary/aromatic N) is 2. The van der Waals surface area contributed by atoms with Gasteiger partial charge in [0.05, 0.1) is 64.3 Å². The van der Waals surface area contributed by atoms with Gasteiger partial charge in [-0.2, -0.15) is 0 Å². The molecule has 0 saturated carbocycles. The summed E-state index contributed by atoms with van der Waals surface area (Å²) >= 11 is 0. The largest absolute Gasteiger partial charge is 0.549 e. The number of carboxylic acids is 2. The number of carbonyl (C=O) groups is 2. The summed E-state index contributed by atoms with van der Waals surface area (Å²) in [5.74, 6) is -3.13. The lowest BCUT2D eigenvalue weighted by Gasteiger charge is -2.38. The second-order valence-corrected chi connectivity index (χ2v) is 10.8. The van der Waals surface area contributed by atoms with Gasteiger partial charge in [0.25, 0.3) is 0 Å². The van der Waals surface area contributed by atoms with E-state index in [0.717, 1.165) is 0 Å². The SMILES string of the molecule is CCC(CC)(C(=O)[O-])C(=O)[O-].CCC[N+](CCC)(CCC)CCC.CCC[N+](CCC)(CCC)CCC. The van der Waals surface area contributed by atoms with Crippen molar-refractivity contribution in [3.05, 3.63) is 0 Å². The number of carbonyl (C=O) groups excluding carboxylic acids is 2. The zero-order chi connectivity index (χ0) is 29.4. The average molecular weight is 531 g/mol. The first kappa shape index (κ1) is 40.4. The highest BCUT2D eigenvalue weighted by Crippen LogP contribution is 2.24. The minimum atomic E-state index is -1.81. The molecule has 0 aromatic carbocycles. The van der Waals surface area contributed by atoms with Crippen LogP contribution in [-0.4, -0.2) is 73.3 Å². The van der Waals surface area contributed by atoms with E-state index in [1.807, 2.05) is 0 Å². The number of hydrogen-bond acceptors (Lipinski definition) is 4. The van der Waals surface area contributed by atoms with Gasteiger partial charge in [-0.15, -0.1) is 0 Å². The lowest BCUT2D eigenvalue weighted by Crippen LogP contribution is -2.53. The van der Waals surface area contributed by atoms with Gasteiger partial charge in [0, 0.05) is 5.41 Å².